The maximum atomic E-state index is 9.26. The monoisotopic (exact) mass is 130 g/mol. The number of aliphatic hydroxyl groups is 1. The number of rotatable bonds is 1. The van der Waals surface area contributed by atoms with Crippen molar-refractivity contribution in [1.29, 1.82) is 0 Å². The van der Waals surface area contributed by atoms with Crippen LogP contribution >= 0.6 is 12.6 Å². The van der Waals surface area contributed by atoms with E-state index in [1.54, 1.807) is 0 Å². The molecule has 0 fully saturated rings. The zero-order valence-electron chi connectivity index (χ0n) is 3.79. The molecule has 0 bridgehead atoms. The van der Waals surface area contributed by atoms with E-state index >= 15 is 0 Å². The van der Waals surface area contributed by atoms with Crippen LogP contribution in [0, 0.1) is 0 Å². The minimum Gasteiger partial charge on any atom is -0.546 e. The molecule has 0 heterocycles. The molecular weight excluding hydrogens is 127 g/mol. The van der Waals surface area contributed by atoms with Crippen LogP contribution in [-0.2, 0) is 4.79 Å². The normalized spacial score (nSPS) is 11.7. The van der Waals surface area contributed by atoms with Gasteiger partial charge in [0.15, 0.2) is 0 Å². The molecular formula is C2H3NaO3S. The van der Waals surface area contributed by atoms with Gasteiger partial charge in [-0.2, -0.15) is 0 Å². The summed E-state index contributed by atoms with van der Waals surface area (Å²) in [5, 5.41) is 17.1. The molecule has 1 atom stereocenters. The molecule has 0 saturated carbocycles. The summed E-state index contributed by atoms with van der Waals surface area (Å²) in [6.45, 7) is 0. The second-order valence-corrected chi connectivity index (χ2v) is 1.18. The smallest absolute Gasteiger partial charge is 0.546 e. The van der Waals surface area contributed by atoms with Crippen molar-refractivity contribution < 1.29 is 44.6 Å². The summed E-state index contributed by atoms with van der Waals surface area (Å²) in [6.07, 6.45) is 0. The summed E-state index contributed by atoms with van der Waals surface area (Å²) >= 11 is 3.09. The van der Waals surface area contributed by atoms with Crippen molar-refractivity contribution in [3.63, 3.8) is 0 Å². The number of aliphatic hydroxyl groups excluding tert-OH is 1. The van der Waals surface area contributed by atoms with Gasteiger partial charge in [0, 0.05) is 0 Å². The van der Waals surface area contributed by atoms with E-state index in [1.807, 2.05) is 0 Å². The van der Waals surface area contributed by atoms with E-state index in [0.29, 0.717) is 0 Å². The van der Waals surface area contributed by atoms with Gasteiger partial charge in [-0.15, -0.1) is 12.6 Å². The Kier molecular flexibility index (Phi) is 7.54. The van der Waals surface area contributed by atoms with Crippen LogP contribution in [0.25, 0.3) is 0 Å². The number of hydrogen-bond acceptors (Lipinski definition) is 4. The van der Waals surface area contributed by atoms with E-state index in [9.17, 15) is 9.90 Å². The molecule has 0 aliphatic carbocycles. The molecule has 0 rings (SSSR count). The second kappa shape index (κ2) is 4.93. The third-order valence-electron chi connectivity index (χ3n) is 0.211. The molecule has 0 aromatic heterocycles. The number of carboxylic acids is 1. The first kappa shape index (κ1) is 10.7. The number of carbonyl (C=O) groups is 1. The van der Waals surface area contributed by atoms with Crippen molar-refractivity contribution in [3.8, 4) is 0 Å². The van der Waals surface area contributed by atoms with Crippen molar-refractivity contribution >= 4 is 18.6 Å². The number of thiol groups is 1. The molecule has 0 radical (unpaired) electrons. The third-order valence-corrected chi connectivity index (χ3v) is 0.422. The average Bonchev–Trinajstić information content (AvgIpc) is 1.36. The molecule has 0 aliphatic heterocycles. The van der Waals surface area contributed by atoms with Gasteiger partial charge in [-0.1, -0.05) is 0 Å². The summed E-state index contributed by atoms with van der Waals surface area (Å²) in [5.74, 6) is -1.57. The minimum absolute atomic E-state index is 0. The Bertz CT molecular complexity index is 64.0. The third kappa shape index (κ3) is 6.78. The van der Waals surface area contributed by atoms with Crippen LogP contribution in [0.1, 0.15) is 0 Å². The van der Waals surface area contributed by atoms with Crippen molar-refractivity contribution in [2.24, 2.45) is 0 Å². The van der Waals surface area contributed by atoms with E-state index in [0.717, 1.165) is 0 Å². The van der Waals surface area contributed by atoms with Gasteiger partial charge in [-0.05, 0) is 0 Å². The summed E-state index contributed by atoms with van der Waals surface area (Å²) in [5.41, 5.74) is -1.65. The minimum atomic E-state index is -1.65. The van der Waals surface area contributed by atoms with E-state index in [2.05, 4.69) is 12.6 Å². The second-order valence-electron chi connectivity index (χ2n) is 0.693. The Labute approximate surface area is 68.4 Å². The molecule has 1 N–H and O–H groups in total. The maximum Gasteiger partial charge on any atom is 1.00 e. The van der Waals surface area contributed by atoms with Crippen LogP contribution in [0.4, 0.5) is 0 Å². The number of aliphatic carboxylic acids is 1. The van der Waals surface area contributed by atoms with Crippen molar-refractivity contribution in [2.75, 3.05) is 0 Å². The maximum absolute atomic E-state index is 9.26. The fraction of sp³-hybridized carbons (Fsp3) is 0.500. The van der Waals surface area contributed by atoms with Crippen LogP contribution in [0.5, 0.6) is 0 Å². The van der Waals surface area contributed by atoms with E-state index in [-0.39, 0.29) is 29.6 Å². The van der Waals surface area contributed by atoms with Crippen molar-refractivity contribution in [1.82, 2.24) is 0 Å². The van der Waals surface area contributed by atoms with Crippen LogP contribution < -0.4 is 34.7 Å². The summed E-state index contributed by atoms with van der Waals surface area (Å²) < 4.78 is 0. The fourth-order valence-corrected chi connectivity index (χ4v) is 0. The topological polar surface area (TPSA) is 60.4 Å². The summed E-state index contributed by atoms with van der Waals surface area (Å²) in [4.78, 5) is 9.26. The van der Waals surface area contributed by atoms with Crippen LogP contribution in [0.15, 0.2) is 0 Å². The zero-order chi connectivity index (χ0) is 5.15. The quantitative estimate of drug-likeness (QED) is 0.212. The Morgan fingerprint density at radius 2 is 2.00 bits per heavy atom. The summed E-state index contributed by atoms with van der Waals surface area (Å²) in [6, 6.07) is 0. The standard InChI is InChI=1S/C2H4O3S.Na/c3-1(4)2(5)6;/h2,5-6H,(H,3,4);/q;+1/p-1. The van der Waals surface area contributed by atoms with E-state index in [1.165, 1.54) is 0 Å². The Balaban J connectivity index is 0. The van der Waals surface area contributed by atoms with Gasteiger partial charge in [0.05, 0.1) is 5.97 Å². The van der Waals surface area contributed by atoms with Gasteiger partial charge in [0.2, 0.25) is 0 Å². The predicted octanol–water partition coefficient (Wildman–Crippen LogP) is -5.01. The van der Waals surface area contributed by atoms with E-state index < -0.39 is 11.4 Å². The fourth-order valence-electron chi connectivity index (χ4n) is 0. The predicted molar refractivity (Wildman–Crippen MR) is 20.0 cm³/mol. The molecule has 0 aromatic carbocycles. The first-order chi connectivity index (χ1) is 2.64. The molecule has 0 aromatic rings. The average molecular weight is 130 g/mol. The van der Waals surface area contributed by atoms with Gasteiger partial charge in [0.1, 0.15) is 5.44 Å². The molecule has 36 valence electrons. The molecule has 0 aliphatic rings. The van der Waals surface area contributed by atoms with Gasteiger partial charge in [-0.3, -0.25) is 0 Å². The Morgan fingerprint density at radius 1 is 1.86 bits per heavy atom. The molecule has 7 heavy (non-hydrogen) atoms. The first-order valence-corrected chi connectivity index (χ1v) is 1.73. The van der Waals surface area contributed by atoms with Gasteiger partial charge < -0.3 is 15.0 Å². The number of hydrogen-bond donors (Lipinski definition) is 2. The van der Waals surface area contributed by atoms with Crippen molar-refractivity contribution in [3.05, 3.63) is 0 Å². The van der Waals surface area contributed by atoms with Crippen LogP contribution in [-0.4, -0.2) is 16.5 Å². The number of carbonyl (C=O) groups excluding carboxylic acids is 1. The number of carboxylic acid groups (broad SMARTS) is 1. The van der Waals surface area contributed by atoms with Gasteiger partial charge in [-0.25, -0.2) is 0 Å². The largest absolute Gasteiger partial charge is 1.00 e. The van der Waals surface area contributed by atoms with Crippen LogP contribution in [0.3, 0.4) is 0 Å². The molecule has 0 spiro atoms. The van der Waals surface area contributed by atoms with Crippen LogP contribution in [0.2, 0.25) is 0 Å². The molecule has 5 heteroatoms. The zero-order valence-corrected chi connectivity index (χ0v) is 6.68. The Morgan fingerprint density at radius 3 is 2.00 bits per heavy atom. The molecule has 3 nitrogen and oxygen atoms in total. The molecule has 0 saturated heterocycles. The first-order valence-electron chi connectivity index (χ1n) is 1.21. The Hall–Kier alpha value is 0.780. The van der Waals surface area contributed by atoms with Crippen molar-refractivity contribution in [2.45, 2.75) is 5.44 Å². The van der Waals surface area contributed by atoms with Gasteiger partial charge in [0.25, 0.3) is 0 Å². The molecule has 1 unspecified atom stereocenters. The van der Waals surface area contributed by atoms with Gasteiger partial charge >= 0.3 is 29.6 Å². The van der Waals surface area contributed by atoms with E-state index in [4.69, 9.17) is 5.11 Å². The summed E-state index contributed by atoms with van der Waals surface area (Å²) in [7, 11) is 0. The SMILES string of the molecule is O=C([O-])C(O)S.[Na+]. The molecule has 0 amide bonds.